The summed E-state index contributed by atoms with van der Waals surface area (Å²) in [6.07, 6.45) is -0.847. The molecule has 0 rings (SSSR count). The fourth-order valence-electron chi connectivity index (χ4n) is 0.882. The third-order valence-corrected chi connectivity index (χ3v) is 1.74. The molecule has 0 bridgehead atoms. The quantitative estimate of drug-likeness (QED) is 0.656. The van der Waals surface area contributed by atoms with E-state index in [4.69, 9.17) is 0 Å². The molecule has 2 unspecified atom stereocenters. The van der Waals surface area contributed by atoms with Gasteiger partial charge in [-0.2, -0.15) is 0 Å². The summed E-state index contributed by atoms with van der Waals surface area (Å²) >= 11 is 0. The van der Waals surface area contributed by atoms with E-state index in [1.54, 1.807) is 13.8 Å². The van der Waals surface area contributed by atoms with E-state index in [9.17, 15) is 14.7 Å². The molecule has 13 heavy (non-hydrogen) atoms. The van der Waals surface area contributed by atoms with E-state index >= 15 is 0 Å². The maximum atomic E-state index is 11.2. The average Bonchev–Trinajstić information content (AvgIpc) is 1.97. The van der Waals surface area contributed by atoms with Crippen molar-refractivity contribution in [3.05, 3.63) is 0 Å². The molecule has 0 saturated carbocycles. The zero-order chi connectivity index (χ0) is 10.6. The third-order valence-electron chi connectivity index (χ3n) is 1.74. The van der Waals surface area contributed by atoms with E-state index in [1.165, 1.54) is 13.8 Å². The van der Waals surface area contributed by atoms with Crippen molar-refractivity contribution >= 4 is 11.7 Å². The van der Waals surface area contributed by atoms with Crippen molar-refractivity contribution in [1.29, 1.82) is 0 Å². The monoisotopic (exact) mass is 187 g/mol. The number of amides is 1. The zero-order valence-corrected chi connectivity index (χ0v) is 8.50. The van der Waals surface area contributed by atoms with Gasteiger partial charge < -0.3 is 10.4 Å². The maximum Gasteiger partial charge on any atom is 0.223 e. The van der Waals surface area contributed by atoms with Gasteiger partial charge in [-0.05, 0) is 13.8 Å². The minimum absolute atomic E-state index is 0.180. The molecular weight excluding hydrogens is 170 g/mol. The Balaban J connectivity index is 4.27. The highest BCUT2D eigenvalue weighted by atomic mass is 16.3. The van der Waals surface area contributed by atoms with Crippen LogP contribution in [0.4, 0.5) is 0 Å². The largest absolute Gasteiger partial charge is 0.391 e. The number of aliphatic hydroxyl groups is 1. The van der Waals surface area contributed by atoms with Crippen LogP contribution in [-0.2, 0) is 9.59 Å². The first-order chi connectivity index (χ1) is 5.86. The highest BCUT2D eigenvalue weighted by Crippen LogP contribution is 1.98. The highest BCUT2D eigenvalue weighted by molar-refractivity contribution is 5.88. The van der Waals surface area contributed by atoms with Gasteiger partial charge >= 0.3 is 0 Å². The molecule has 2 atom stereocenters. The number of Topliss-reactive ketones (excluding diaryl/α,β-unsaturated/α-hetero) is 1. The van der Waals surface area contributed by atoms with Gasteiger partial charge in [0.05, 0.1) is 6.10 Å². The van der Waals surface area contributed by atoms with Crippen molar-refractivity contribution in [2.45, 2.75) is 39.8 Å². The SMILES string of the molecule is CC(=O)C(NC(=O)C(C)C)C(C)O. The van der Waals surface area contributed by atoms with Crippen LogP contribution in [0.5, 0.6) is 0 Å². The smallest absolute Gasteiger partial charge is 0.223 e. The van der Waals surface area contributed by atoms with Crippen molar-refractivity contribution in [2.24, 2.45) is 5.92 Å². The van der Waals surface area contributed by atoms with Gasteiger partial charge in [-0.15, -0.1) is 0 Å². The topological polar surface area (TPSA) is 66.4 Å². The highest BCUT2D eigenvalue weighted by Gasteiger charge is 2.22. The summed E-state index contributed by atoms with van der Waals surface area (Å²) in [5.41, 5.74) is 0. The first-order valence-electron chi connectivity index (χ1n) is 4.35. The molecule has 0 saturated heterocycles. The predicted molar refractivity (Wildman–Crippen MR) is 49.1 cm³/mol. The van der Waals surface area contributed by atoms with Crippen molar-refractivity contribution in [2.75, 3.05) is 0 Å². The van der Waals surface area contributed by atoms with Crippen LogP contribution in [0.15, 0.2) is 0 Å². The number of aliphatic hydroxyl groups excluding tert-OH is 1. The number of hydrogen-bond acceptors (Lipinski definition) is 3. The van der Waals surface area contributed by atoms with Crippen LogP contribution in [0.1, 0.15) is 27.7 Å². The number of carbonyl (C=O) groups is 2. The molecule has 0 fully saturated rings. The lowest BCUT2D eigenvalue weighted by Crippen LogP contribution is -2.48. The standard InChI is InChI=1S/C9H17NO3/c1-5(2)9(13)10-8(6(3)11)7(4)12/h5-6,8,11H,1-4H3,(H,10,13). The maximum absolute atomic E-state index is 11.2. The van der Waals surface area contributed by atoms with E-state index in [2.05, 4.69) is 5.32 Å². The minimum Gasteiger partial charge on any atom is -0.391 e. The summed E-state index contributed by atoms with van der Waals surface area (Å²) in [6, 6.07) is -0.783. The molecule has 4 heteroatoms. The Morgan fingerprint density at radius 2 is 1.69 bits per heavy atom. The van der Waals surface area contributed by atoms with Crippen LogP contribution in [-0.4, -0.2) is 28.9 Å². The summed E-state index contributed by atoms with van der Waals surface area (Å²) in [6.45, 7) is 6.29. The molecule has 0 heterocycles. The molecule has 0 aromatic heterocycles. The van der Waals surface area contributed by atoms with Gasteiger partial charge in [0.15, 0.2) is 5.78 Å². The van der Waals surface area contributed by atoms with Gasteiger partial charge in [-0.1, -0.05) is 13.8 Å². The van der Waals surface area contributed by atoms with Gasteiger partial charge in [0.25, 0.3) is 0 Å². The number of hydrogen-bond donors (Lipinski definition) is 2. The van der Waals surface area contributed by atoms with Crippen LogP contribution in [0, 0.1) is 5.92 Å². The number of carbonyl (C=O) groups excluding carboxylic acids is 2. The average molecular weight is 187 g/mol. The van der Waals surface area contributed by atoms with Gasteiger partial charge in [-0.25, -0.2) is 0 Å². The van der Waals surface area contributed by atoms with Crippen molar-refractivity contribution in [3.8, 4) is 0 Å². The summed E-state index contributed by atoms with van der Waals surface area (Å²) in [4.78, 5) is 22.2. The normalized spacial score (nSPS) is 15.2. The number of ketones is 1. The van der Waals surface area contributed by atoms with Crippen LogP contribution in [0.3, 0.4) is 0 Å². The lowest BCUT2D eigenvalue weighted by atomic mass is 10.1. The second-order valence-corrected chi connectivity index (χ2v) is 3.49. The first kappa shape index (κ1) is 12.1. The molecule has 0 aromatic carbocycles. The molecule has 1 amide bonds. The molecule has 0 radical (unpaired) electrons. The molecular formula is C9H17NO3. The summed E-state index contributed by atoms with van der Waals surface area (Å²) in [7, 11) is 0. The second-order valence-electron chi connectivity index (χ2n) is 3.49. The summed E-state index contributed by atoms with van der Waals surface area (Å²) in [5, 5.41) is 11.7. The number of nitrogens with one attached hydrogen (secondary N) is 1. The Kier molecular flexibility index (Phi) is 4.62. The molecule has 76 valence electrons. The Morgan fingerprint density at radius 3 is 1.92 bits per heavy atom. The Labute approximate surface area is 78.3 Å². The summed E-state index contributed by atoms with van der Waals surface area (Å²) in [5.74, 6) is -0.634. The molecule has 0 aliphatic rings. The lowest BCUT2D eigenvalue weighted by molar-refractivity contribution is -0.130. The molecule has 0 aliphatic carbocycles. The minimum atomic E-state index is -0.847. The second kappa shape index (κ2) is 4.97. The van der Waals surface area contributed by atoms with Crippen LogP contribution in [0.25, 0.3) is 0 Å². The lowest BCUT2D eigenvalue weighted by Gasteiger charge is -2.19. The predicted octanol–water partition coefficient (Wildman–Crippen LogP) is 0.0970. The van der Waals surface area contributed by atoms with Crippen molar-refractivity contribution in [3.63, 3.8) is 0 Å². The van der Waals surface area contributed by atoms with E-state index in [1.807, 2.05) is 0 Å². The van der Waals surface area contributed by atoms with E-state index in [0.717, 1.165) is 0 Å². The molecule has 0 aliphatic heterocycles. The van der Waals surface area contributed by atoms with Crippen LogP contribution in [0.2, 0.25) is 0 Å². The molecule has 4 nitrogen and oxygen atoms in total. The van der Waals surface area contributed by atoms with Crippen molar-refractivity contribution in [1.82, 2.24) is 5.32 Å². The van der Waals surface area contributed by atoms with E-state index in [0.29, 0.717) is 0 Å². The van der Waals surface area contributed by atoms with Crippen molar-refractivity contribution < 1.29 is 14.7 Å². The van der Waals surface area contributed by atoms with Gasteiger partial charge in [-0.3, -0.25) is 9.59 Å². The zero-order valence-electron chi connectivity index (χ0n) is 8.50. The Morgan fingerprint density at radius 1 is 1.23 bits per heavy atom. The van der Waals surface area contributed by atoms with Gasteiger partial charge in [0.2, 0.25) is 5.91 Å². The van der Waals surface area contributed by atoms with E-state index in [-0.39, 0.29) is 17.6 Å². The first-order valence-corrected chi connectivity index (χ1v) is 4.35. The fourth-order valence-corrected chi connectivity index (χ4v) is 0.882. The molecule has 0 aromatic rings. The van der Waals surface area contributed by atoms with Gasteiger partial charge in [0.1, 0.15) is 6.04 Å². The number of rotatable bonds is 4. The molecule has 2 N–H and O–H groups in total. The van der Waals surface area contributed by atoms with Crippen LogP contribution >= 0.6 is 0 Å². The Bertz CT molecular complexity index is 199. The summed E-state index contributed by atoms with van der Waals surface area (Å²) < 4.78 is 0. The van der Waals surface area contributed by atoms with Gasteiger partial charge in [0, 0.05) is 5.92 Å². The Hall–Kier alpha value is -0.900. The molecule has 0 spiro atoms. The third kappa shape index (κ3) is 4.03. The van der Waals surface area contributed by atoms with Crippen LogP contribution < -0.4 is 5.32 Å². The van der Waals surface area contributed by atoms with E-state index < -0.39 is 12.1 Å². The fraction of sp³-hybridized carbons (Fsp3) is 0.778.